The van der Waals surface area contributed by atoms with Gasteiger partial charge in [-0.15, -0.1) is 0 Å². The van der Waals surface area contributed by atoms with Gasteiger partial charge in [-0.1, -0.05) is 26.0 Å². The van der Waals surface area contributed by atoms with E-state index in [1.165, 1.54) is 12.1 Å². The molecule has 21 heavy (non-hydrogen) atoms. The average molecular weight is 299 g/mol. The van der Waals surface area contributed by atoms with Gasteiger partial charge in [0.25, 0.3) is 0 Å². The summed E-state index contributed by atoms with van der Waals surface area (Å²) in [4.78, 5) is 0. The van der Waals surface area contributed by atoms with E-state index in [1.807, 2.05) is 0 Å². The number of ether oxygens (including phenoxy) is 2. The molecule has 2 N–H and O–H groups in total. The molecule has 0 aromatic heterocycles. The molecule has 0 heterocycles. The normalized spacial score (nSPS) is 12.6. The molecule has 0 spiro atoms. The SMILES string of the molecule is CC(C)CCOCCNCC(O)COc1ccccc1F. The lowest BCUT2D eigenvalue weighted by atomic mass is 10.1. The number of rotatable bonds is 11. The quantitative estimate of drug-likeness (QED) is 0.615. The van der Waals surface area contributed by atoms with Crippen molar-refractivity contribution >= 4 is 0 Å². The van der Waals surface area contributed by atoms with Crippen LogP contribution >= 0.6 is 0 Å². The maximum Gasteiger partial charge on any atom is 0.165 e. The molecule has 0 amide bonds. The van der Waals surface area contributed by atoms with E-state index in [-0.39, 0.29) is 12.4 Å². The van der Waals surface area contributed by atoms with Crippen molar-refractivity contribution in [2.75, 3.05) is 32.9 Å². The summed E-state index contributed by atoms with van der Waals surface area (Å²) < 4.78 is 24.0. The molecule has 1 atom stereocenters. The number of para-hydroxylation sites is 1. The maximum atomic E-state index is 13.3. The third-order valence-electron chi connectivity index (χ3n) is 2.91. The Morgan fingerprint density at radius 2 is 2.00 bits per heavy atom. The summed E-state index contributed by atoms with van der Waals surface area (Å²) in [5.74, 6) is 0.389. The number of aliphatic hydroxyl groups excluding tert-OH is 1. The van der Waals surface area contributed by atoms with Crippen LogP contribution in [0.15, 0.2) is 24.3 Å². The summed E-state index contributed by atoms with van der Waals surface area (Å²) in [6.07, 6.45) is 0.374. The lowest BCUT2D eigenvalue weighted by Crippen LogP contribution is -2.33. The Balaban J connectivity index is 2.01. The lowest BCUT2D eigenvalue weighted by Gasteiger charge is -2.14. The fraction of sp³-hybridized carbons (Fsp3) is 0.625. The Bertz CT molecular complexity index is 388. The van der Waals surface area contributed by atoms with E-state index in [2.05, 4.69) is 19.2 Å². The van der Waals surface area contributed by atoms with Gasteiger partial charge in [0.05, 0.1) is 6.61 Å². The lowest BCUT2D eigenvalue weighted by molar-refractivity contribution is 0.0952. The van der Waals surface area contributed by atoms with Gasteiger partial charge in [0, 0.05) is 19.7 Å². The van der Waals surface area contributed by atoms with E-state index < -0.39 is 11.9 Å². The molecule has 0 bridgehead atoms. The molecule has 5 heteroatoms. The fourth-order valence-electron chi connectivity index (χ4n) is 1.64. The van der Waals surface area contributed by atoms with Crippen molar-refractivity contribution in [2.45, 2.75) is 26.4 Å². The Morgan fingerprint density at radius 1 is 1.24 bits per heavy atom. The van der Waals surface area contributed by atoms with Crippen LogP contribution in [0.3, 0.4) is 0 Å². The summed E-state index contributed by atoms with van der Waals surface area (Å²) in [6, 6.07) is 6.16. The average Bonchev–Trinajstić information content (AvgIpc) is 2.45. The van der Waals surface area contributed by atoms with Crippen LogP contribution in [0.5, 0.6) is 5.75 Å². The van der Waals surface area contributed by atoms with Crippen molar-refractivity contribution in [1.82, 2.24) is 5.32 Å². The summed E-state index contributed by atoms with van der Waals surface area (Å²) in [6.45, 7) is 6.83. The first-order valence-corrected chi connectivity index (χ1v) is 7.43. The van der Waals surface area contributed by atoms with Gasteiger partial charge in [-0.25, -0.2) is 4.39 Å². The molecule has 0 saturated carbocycles. The van der Waals surface area contributed by atoms with E-state index in [4.69, 9.17) is 9.47 Å². The molecule has 0 saturated heterocycles. The van der Waals surface area contributed by atoms with E-state index in [0.29, 0.717) is 25.6 Å². The highest BCUT2D eigenvalue weighted by Gasteiger charge is 2.07. The second-order valence-electron chi connectivity index (χ2n) is 5.39. The zero-order valence-corrected chi connectivity index (χ0v) is 12.8. The minimum absolute atomic E-state index is 0.0577. The standard InChI is InChI=1S/C16H26FNO3/c1-13(2)7-9-20-10-8-18-11-14(19)12-21-16-6-4-3-5-15(16)17/h3-6,13-14,18-19H,7-12H2,1-2H3. The van der Waals surface area contributed by atoms with Crippen molar-refractivity contribution in [2.24, 2.45) is 5.92 Å². The second kappa shape index (κ2) is 10.5. The molecular formula is C16H26FNO3. The first-order chi connectivity index (χ1) is 10.1. The van der Waals surface area contributed by atoms with Gasteiger partial charge in [0.1, 0.15) is 12.7 Å². The van der Waals surface area contributed by atoms with Gasteiger partial charge >= 0.3 is 0 Å². The summed E-state index contributed by atoms with van der Waals surface area (Å²) in [5, 5.41) is 12.8. The highest BCUT2D eigenvalue weighted by Crippen LogP contribution is 2.15. The first kappa shape index (κ1) is 17.9. The molecule has 1 aromatic carbocycles. The van der Waals surface area contributed by atoms with Crippen LogP contribution in [0.25, 0.3) is 0 Å². The van der Waals surface area contributed by atoms with Crippen LogP contribution in [0.2, 0.25) is 0 Å². The predicted molar refractivity (Wildman–Crippen MR) is 81.0 cm³/mol. The summed E-state index contributed by atoms with van der Waals surface area (Å²) in [7, 11) is 0. The minimum Gasteiger partial charge on any atom is -0.488 e. The second-order valence-corrected chi connectivity index (χ2v) is 5.39. The van der Waals surface area contributed by atoms with Crippen LogP contribution in [-0.2, 0) is 4.74 Å². The number of halogens is 1. The van der Waals surface area contributed by atoms with Crippen LogP contribution < -0.4 is 10.1 Å². The number of aliphatic hydroxyl groups is 1. The Kier molecular flexibility index (Phi) is 8.98. The molecule has 120 valence electrons. The van der Waals surface area contributed by atoms with Crippen molar-refractivity contribution in [3.05, 3.63) is 30.1 Å². The van der Waals surface area contributed by atoms with E-state index in [1.54, 1.807) is 12.1 Å². The maximum absolute atomic E-state index is 13.3. The highest BCUT2D eigenvalue weighted by atomic mass is 19.1. The van der Waals surface area contributed by atoms with Crippen LogP contribution in [0.4, 0.5) is 4.39 Å². The van der Waals surface area contributed by atoms with Crippen LogP contribution in [-0.4, -0.2) is 44.1 Å². The molecule has 1 rings (SSSR count). The predicted octanol–water partition coefficient (Wildman–Crippen LogP) is 2.22. The molecule has 0 fully saturated rings. The molecule has 0 aliphatic carbocycles. The highest BCUT2D eigenvalue weighted by molar-refractivity contribution is 5.23. The summed E-state index contributed by atoms with van der Waals surface area (Å²) in [5.41, 5.74) is 0. The van der Waals surface area contributed by atoms with Crippen molar-refractivity contribution < 1.29 is 19.0 Å². The van der Waals surface area contributed by atoms with Crippen LogP contribution in [0, 0.1) is 11.7 Å². The molecular weight excluding hydrogens is 273 g/mol. The van der Waals surface area contributed by atoms with Crippen molar-refractivity contribution in [3.63, 3.8) is 0 Å². The number of benzene rings is 1. The third-order valence-corrected chi connectivity index (χ3v) is 2.91. The zero-order valence-electron chi connectivity index (χ0n) is 12.8. The molecule has 1 aromatic rings. The molecule has 0 aliphatic heterocycles. The van der Waals surface area contributed by atoms with Crippen molar-refractivity contribution in [3.8, 4) is 5.75 Å². The van der Waals surface area contributed by atoms with Gasteiger partial charge in [-0.2, -0.15) is 0 Å². The van der Waals surface area contributed by atoms with E-state index in [9.17, 15) is 9.50 Å². The number of hydrogen-bond acceptors (Lipinski definition) is 4. The van der Waals surface area contributed by atoms with Crippen molar-refractivity contribution in [1.29, 1.82) is 0 Å². The molecule has 1 unspecified atom stereocenters. The number of nitrogens with one attached hydrogen (secondary N) is 1. The van der Waals surface area contributed by atoms with Gasteiger partial charge < -0.3 is 19.9 Å². The molecule has 4 nitrogen and oxygen atoms in total. The largest absolute Gasteiger partial charge is 0.488 e. The van der Waals surface area contributed by atoms with Gasteiger partial charge in [0.15, 0.2) is 11.6 Å². The molecule has 0 radical (unpaired) electrons. The third kappa shape index (κ3) is 8.65. The Hall–Kier alpha value is -1.17. The smallest absolute Gasteiger partial charge is 0.165 e. The zero-order chi connectivity index (χ0) is 15.5. The summed E-state index contributed by atoms with van der Waals surface area (Å²) >= 11 is 0. The number of hydrogen-bond donors (Lipinski definition) is 2. The fourth-order valence-corrected chi connectivity index (χ4v) is 1.64. The first-order valence-electron chi connectivity index (χ1n) is 7.43. The Morgan fingerprint density at radius 3 is 2.71 bits per heavy atom. The van der Waals surface area contributed by atoms with E-state index in [0.717, 1.165) is 13.0 Å². The van der Waals surface area contributed by atoms with E-state index >= 15 is 0 Å². The topological polar surface area (TPSA) is 50.7 Å². The monoisotopic (exact) mass is 299 g/mol. The van der Waals surface area contributed by atoms with Gasteiger partial charge in [-0.05, 0) is 24.5 Å². The minimum atomic E-state index is -0.680. The van der Waals surface area contributed by atoms with Crippen LogP contribution in [0.1, 0.15) is 20.3 Å². The van der Waals surface area contributed by atoms with Gasteiger partial charge in [-0.3, -0.25) is 0 Å². The molecule has 0 aliphatic rings. The Labute approximate surface area is 126 Å². The van der Waals surface area contributed by atoms with Gasteiger partial charge in [0.2, 0.25) is 0 Å².